The zero-order valence-electron chi connectivity index (χ0n) is 57.7. The molecule has 0 aliphatic carbocycles. The molecular weight excluding hydrogens is 1090 g/mol. The molecule has 4 heteroatoms. The van der Waals surface area contributed by atoms with Gasteiger partial charge >= 0.3 is 372 Å². The van der Waals surface area contributed by atoms with Gasteiger partial charge in [-0.15, -0.1) is 0 Å². The van der Waals surface area contributed by atoms with Crippen molar-refractivity contribution in [3.05, 3.63) is 0 Å². The molecule has 0 aromatic rings. The Morgan fingerprint density at radius 2 is 0.275 bits per heavy atom. The number of hydrogen-bond donors (Lipinski definition) is 0. The molecular formula is C76H160BrClP2. The number of hydrogen-bond acceptors (Lipinski definition) is 0. The number of halogens is 2. The molecule has 80 heavy (non-hydrogen) atoms. The smallest absolute Gasteiger partial charge is 0.0654 e. The summed E-state index contributed by atoms with van der Waals surface area (Å²) < 4.78 is 0. The van der Waals surface area contributed by atoms with Gasteiger partial charge in [0, 0.05) is 0 Å². The van der Waals surface area contributed by atoms with Gasteiger partial charge in [0.15, 0.2) is 0 Å². The number of rotatable bonds is 68. The van der Waals surface area contributed by atoms with E-state index in [-0.39, 0.29) is 0 Å². The van der Waals surface area contributed by atoms with Crippen LogP contribution < -0.4 is 0 Å². The molecule has 0 radical (unpaired) electrons. The Bertz CT molecular complexity index is 969. The predicted octanol–water partition coefficient (Wildman–Crippen LogP) is 31.1. The second-order valence-corrected chi connectivity index (χ2v) is 51.7. The first-order valence-electron chi connectivity index (χ1n) is 38.2. The van der Waals surface area contributed by atoms with E-state index in [2.05, 4.69) is 69.8 Å². The topological polar surface area (TPSA) is 0 Å². The average molecular weight is 1250 g/mol. The van der Waals surface area contributed by atoms with E-state index in [9.17, 15) is 0 Å². The van der Waals surface area contributed by atoms with E-state index < -0.39 is 11.3 Å². The first-order valence-corrected chi connectivity index (χ1v) is 48.1. The summed E-state index contributed by atoms with van der Waals surface area (Å²) in [6, 6.07) is 0. The fraction of sp³-hybridized carbons (Fsp3) is 1.00. The zero-order valence-corrected chi connectivity index (χ0v) is 61.9. The Hall–Kier alpha value is 1.63. The van der Waals surface area contributed by atoms with Gasteiger partial charge < -0.3 is 0 Å². The second kappa shape index (κ2) is 63.6. The average Bonchev–Trinajstić information content (AvgIpc) is 3.42. The Labute approximate surface area is 524 Å². The quantitative estimate of drug-likeness (QED) is 0.0421. The summed E-state index contributed by atoms with van der Waals surface area (Å²) in [6.07, 6.45) is 98.8. The monoisotopic (exact) mass is 1250 g/mol. The summed E-state index contributed by atoms with van der Waals surface area (Å²) in [5.41, 5.74) is 0. The third kappa shape index (κ3) is 73.9. The van der Waals surface area contributed by atoms with E-state index in [0.29, 0.717) is 0 Å². The van der Waals surface area contributed by atoms with E-state index in [1.165, 1.54) is 436 Å². The fourth-order valence-electron chi connectivity index (χ4n) is 12.8. The Morgan fingerprint density at radius 1 is 0.175 bits per heavy atom. The molecule has 0 aliphatic heterocycles. The summed E-state index contributed by atoms with van der Waals surface area (Å²) in [5, 5.41) is -1.58. The molecule has 0 heterocycles. The van der Waals surface area contributed by atoms with E-state index in [0.717, 1.165) is 0 Å². The van der Waals surface area contributed by atoms with E-state index in [1.807, 2.05) is 0 Å². The first kappa shape index (κ1) is 83.7. The maximum absolute atomic E-state index is 7.25. The third-order valence-corrected chi connectivity index (χ3v) is 28.7. The van der Waals surface area contributed by atoms with Crippen LogP contribution in [0.5, 0.6) is 0 Å². The molecule has 0 bridgehead atoms. The molecule has 0 nitrogen and oxygen atoms in total. The van der Waals surface area contributed by atoms with Crippen molar-refractivity contribution in [2.75, 3.05) is 51.3 Å². The Kier molecular flexibility index (Phi) is 66.6. The van der Waals surface area contributed by atoms with Gasteiger partial charge in [-0.25, -0.2) is 0 Å². The van der Waals surface area contributed by atoms with Crippen LogP contribution in [0.25, 0.3) is 0 Å². The van der Waals surface area contributed by atoms with Crippen molar-refractivity contribution in [2.24, 2.45) is 0 Å². The van der Waals surface area contributed by atoms with Gasteiger partial charge in [-0.3, -0.25) is 0 Å². The van der Waals surface area contributed by atoms with Crippen LogP contribution >= 0.6 is 38.0 Å². The molecule has 0 aliphatic rings. The molecule has 0 fully saturated rings. The SMILES string of the molecule is CCCCCCCCCCCCCCCCCCP(C)(C)(Br)CCCCCCCCCCCCCCCCCC.CCCCCCCCCCCCCCCCCCP(C)(C)(Cl)CCCCCCCCCCCCCCCCCC. The van der Waals surface area contributed by atoms with Crippen LogP contribution in [0.4, 0.5) is 0 Å². The van der Waals surface area contributed by atoms with Gasteiger partial charge in [0.1, 0.15) is 0 Å². The van der Waals surface area contributed by atoms with Crippen molar-refractivity contribution in [1.29, 1.82) is 0 Å². The van der Waals surface area contributed by atoms with Gasteiger partial charge in [0.05, 0.1) is 0 Å². The van der Waals surface area contributed by atoms with Crippen molar-refractivity contribution >= 4 is 38.0 Å². The van der Waals surface area contributed by atoms with E-state index >= 15 is 0 Å². The molecule has 0 aromatic heterocycles. The summed E-state index contributed by atoms with van der Waals surface area (Å²) in [5.74, 6) is -1.92. The molecule has 0 unspecified atom stereocenters. The molecule has 0 amide bonds. The van der Waals surface area contributed by atoms with E-state index in [1.54, 1.807) is 0 Å². The van der Waals surface area contributed by atoms with Gasteiger partial charge in [-0.2, -0.15) is 0 Å². The predicted molar refractivity (Wildman–Crippen MR) is 390 cm³/mol. The minimum atomic E-state index is -1.92. The van der Waals surface area contributed by atoms with Gasteiger partial charge in [-0.1, -0.05) is 156 Å². The number of unbranched alkanes of at least 4 members (excludes halogenated alkanes) is 60. The second-order valence-electron chi connectivity index (χ2n) is 29.1. The van der Waals surface area contributed by atoms with Gasteiger partial charge in [0.25, 0.3) is 0 Å². The summed E-state index contributed by atoms with van der Waals surface area (Å²) in [4.78, 5) is 0. The van der Waals surface area contributed by atoms with Gasteiger partial charge in [-0.05, 0) is 0 Å². The molecule has 0 atom stereocenters. The van der Waals surface area contributed by atoms with Crippen LogP contribution in [-0.4, -0.2) is 51.3 Å². The van der Waals surface area contributed by atoms with Crippen LogP contribution in [0, 0.1) is 0 Å². The summed E-state index contributed by atoms with van der Waals surface area (Å²) in [7, 11) is 0. The van der Waals surface area contributed by atoms with Crippen LogP contribution in [0.2, 0.25) is 0 Å². The molecule has 0 saturated heterocycles. The third-order valence-electron chi connectivity index (χ3n) is 18.8. The minimum absolute atomic E-state index is 1.31. The summed E-state index contributed by atoms with van der Waals surface area (Å²) >= 11 is 11.6. The molecule has 0 spiro atoms. The van der Waals surface area contributed by atoms with Crippen molar-refractivity contribution in [1.82, 2.24) is 0 Å². The van der Waals surface area contributed by atoms with E-state index in [4.69, 9.17) is 11.2 Å². The Balaban J connectivity index is 0. The van der Waals surface area contributed by atoms with Crippen molar-refractivity contribution in [2.45, 2.75) is 439 Å². The molecule has 0 rings (SSSR count). The van der Waals surface area contributed by atoms with Crippen molar-refractivity contribution < 1.29 is 0 Å². The normalized spacial score (nSPS) is 13.1. The van der Waals surface area contributed by atoms with Crippen LogP contribution in [0.1, 0.15) is 439 Å². The van der Waals surface area contributed by atoms with Crippen LogP contribution in [0.15, 0.2) is 0 Å². The maximum atomic E-state index is 7.25. The summed E-state index contributed by atoms with van der Waals surface area (Å²) in [6.45, 7) is 19.3. The molecule has 488 valence electrons. The zero-order chi connectivity index (χ0) is 59.0. The first-order chi connectivity index (χ1) is 38.8. The molecule has 0 aromatic carbocycles. The fourth-order valence-corrected chi connectivity index (χ4v) is 20.3. The van der Waals surface area contributed by atoms with Crippen molar-refractivity contribution in [3.8, 4) is 0 Å². The minimum Gasteiger partial charge on any atom is -0.0654 e. The molecule has 0 N–H and O–H groups in total. The van der Waals surface area contributed by atoms with Crippen LogP contribution in [-0.2, 0) is 0 Å². The van der Waals surface area contributed by atoms with Gasteiger partial charge in [0.2, 0.25) is 0 Å². The van der Waals surface area contributed by atoms with Crippen molar-refractivity contribution in [3.63, 3.8) is 0 Å². The molecule has 0 saturated carbocycles. The Morgan fingerprint density at radius 3 is 0.400 bits per heavy atom. The van der Waals surface area contributed by atoms with Crippen LogP contribution in [0.3, 0.4) is 0 Å². The standard InChI is InChI=1S/C38H80BrP.C38H80ClP/c2*1-5-7-9-11-13-15-17-19-21-23-25-27-29-31-33-35-37-40(3,4,39)38-36-34-32-30-28-26-24-22-20-18-16-14-12-10-8-6-2/h2*5-38H2,1-4H3.